The van der Waals surface area contributed by atoms with Gasteiger partial charge in [0.2, 0.25) is 0 Å². The monoisotopic (exact) mass is 374 g/mol. The van der Waals surface area contributed by atoms with Crippen LogP contribution in [0.25, 0.3) is 0 Å². The highest BCUT2D eigenvalue weighted by atomic mass is 35.5. The topological polar surface area (TPSA) is 66.9 Å². The van der Waals surface area contributed by atoms with Crippen LogP contribution < -0.4 is 10.6 Å². The summed E-state index contributed by atoms with van der Waals surface area (Å²) >= 11 is 6.08. The maximum absolute atomic E-state index is 13.2. The molecule has 26 heavy (non-hydrogen) atoms. The summed E-state index contributed by atoms with van der Waals surface area (Å²) in [6.45, 7) is 1.85. The summed E-state index contributed by atoms with van der Waals surface area (Å²) < 4.78 is 26.2. The van der Waals surface area contributed by atoms with Crippen LogP contribution in [-0.4, -0.2) is 15.9 Å². The maximum atomic E-state index is 13.2. The molecule has 1 amide bonds. The third-order valence-corrected chi connectivity index (χ3v) is 4.02. The Kier molecular flexibility index (Phi) is 5.09. The van der Waals surface area contributed by atoms with E-state index in [1.54, 1.807) is 12.1 Å². The van der Waals surface area contributed by atoms with E-state index in [4.69, 9.17) is 11.6 Å². The molecule has 0 bridgehead atoms. The lowest BCUT2D eigenvalue weighted by Crippen LogP contribution is -2.14. The molecule has 2 N–H and O–H groups in total. The number of nitrogens with zero attached hydrogens (tertiary/aromatic N) is 2. The average Bonchev–Trinajstić information content (AvgIpc) is 2.62. The molecule has 0 aliphatic carbocycles. The van der Waals surface area contributed by atoms with Crippen molar-refractivity contribution < 1.29 is 13.6 Å². The molecule has 0 spiro atoms. The Balaban J connectivity index is 1.79. The number of rotatable bonds is 4. The number of amides is 1. The molecule has 2 aromatic carbocycles. The highest BCUT2D eigenvalue weighted by Crippen LogP contribution is 2.25. The van der Waals surface area contributed by atoms with Gasteiger partial charge in [-0.3, -0.25) is 4.79 Å². The van der Waals surface area contributed by atoms with Crippen molar-refractivity contribution >= 4 is 34.7 Å². The minimum absolute atomic E-state index is 0.0620. The molecular weight excluding hydrogens is 362 g/mol. The highest BCUT2D eigenvalue weighted by molar-refractivity contribution is 6.31. The Labute approximate surface area is 153 Å². The van der Waals surface area contributed by atoms with Crippen LogP contribution in [0.4, 0.5) is 26.0 Å². The number of hydrogen-bond acceptors (Lipinski definition) is 4. The third-order valence-electron chi connectivity index (χ3n) is 3.61. The smallest absolute Gasteiger partial charge is 0.274 e. The number of nitrogens with one attached hydrogen (secondary N) is 2. The number of carbonyl (C=O) groups is 1. The van der Waals surface area contributed by atoms with Gasteiger partial charge in [0, 0.05) is 28.5 Å². The number of aromatic nitrogens is 2. The quantitative estimate of drug-likeness (QED) is 0.694. The minimum Gasteiger partial charge on any atom is -0.340 e. The first-order valence-electron chi connectivity index (χ1n) is 7.54. The number of halogens is 3. The van der Waals surface area contributed by atoms with Gasteiger partial charge in [0.1, 0.15) is 17.8 Å². The molecule has 132 valence electrons. The third kappa shape index (κ3) is 3.94. The summed E-state index contributed by atoms with van der Waals surface area (Å²) in [7, 11) is 0. The molecule has 0 saturated carbocycles. The number of hydrogen-bond donors (Lipinski definition) is 2. The van der Waals surface area contributed by atoms with Crippen LogP contribution in [0.2, 0.25) is 5.02 Å². The Bertz CT molecular complexity index is 981. The van der Waals surface area contributed by atoms with E-state index in [9.17, 15) is 13.6 Å². The molecule has 5 nitrogen and oxygen atoms in total. The van der Waals surface area contributed by atoms with Crippen molar-refractivity contribution in [2.75, 3.05) is 10.6 Å². The first-order valence-corrected chi connectivity index (χ1v) is 7.92. The van der Waals surface area contributed by atoms with E-state index in [1.807, 2.05) is 13.0 Å². The van der Waals surface area contributed by atoms with Gasteiger partial charge in [-0.1, -0.05) is 17.7 Å². The Morgan fingerprint density at radius 1 is 1.08 bits per heavy atom. The van der Waals surface area contributed by atoms with Gasteiger partial charge in [-0.2, -0.15) is 0 Å². The Morgan fingerprint density at radius 2 is 1.88 bits per heavy atom. The first kappa shape index (κ1) is 17.8. The molecule has 0 aliphatic rings. The van der Waals surface area contributed by atoms with Crippen LogP contribution in [0.1, 0.15) is 16.1 Å². The molecule has 0 radical (unpaired) electrons. The van der Waals surface area contributed by atoms with Crippen molar-refractivity contribution in [1.29, 1.82) is 0 Å². The molecule has 0 unspecified atom stereocenters. The molecular formula is C18H13ClF2N4O. The van der Waals surface area contributed by atoms with Gasteiger partial charge in [0.25, 0.3) is 5.91 Å². The van der Waals surface area contributed by atoms with Crippen LogP contribution in [0.15, 0.2) is 48.8 Å². The normalized spacial score (nSPS) is 10.5. The number of anilines is 3. The average molecular weight is 375 g/mol. The van der Waals surface area contributed by atoms with Crippen LogP contribution >= 0.6 is 11.6 Å². The van der Waals surface area contributed by atoms with E-state index in [2.05, 4.69) is 20.6 Å². The second kappa shape index (κ2) is 7.45. The molecule has 0 fully saturated rings. The SMILES string of the molecule is Cc1c(Cl)cccc1Nc1cc(C(=O)Nc2ccc(F)c(F)c2)ncn1. The first-order chi connectivity index (χ1) is 12.4. The zero-order chi connectivity index (χ0) is 18.7. The van der Waals surface area contributed by atoms with Crippen molar-refractivity contribution in [3.63, 3.8) is 0 Å². The molecule has 3 rings (SSSR count). The van der Waals surface area contributed by atoms with E-state index in [0.717, 1.165) is 23.4 Å². The Hall–Kier alpha value is -3.06. The molecule has 1 heterocycles. The molecule has 8 heteroatoms. The summed E-state index contributed by atoms with van der Waals surface area (Å²) in [6.07, 6.45) is 1.22. The molecule has 0 atom stereocenters. The summed E-state index contributed by atoms with van der Waals surface area (Å²) in [4.78, 5) is 20.2. The summed E-state index contributed by atoms with van der Waals surface area (Å²) in [5.74, 6) is -2.23. The van der Waals surface area contributed by atoms with Crippen LogP contribution in [0.3, 0.4) is 0 Å². The van der Waals surface area contributed by atoms with E-state index in [1.165, 1.54) is 18.5 Å². The van der Waals surface area contributed by atoms with E-state index in [-0.39, 0.29) is 11.4 Å². The fraction of sp³-hybridized carbons (Fsp3) is 0.0556. The van der Waals surface area contributed by atoms with Gasteiger partial charge in [0.05, 0.1) is 0 Å². The van der Waals surface area contributed by atoms with Gasteiger partial charge in [-0.15, -0.1) is 0 Å². The summed E-state index contributed by atoms with van der Waals surface area (Å²) in [5.41, 5.74) is 1.75. The van der Waals surface area contributed by atoms with Crippen molar-refractivity contribution in [3.05, 3.63) is 76.7 Å². The molecule has 3 aromatic rings. The standard InChI is InChI=1S/C18H13ClF2N4O/c1-10-12(19)3-2-4-15(10)25-17-8-16(22-9-23-17)18(26)24-11-5-6-13(20)14(21)7-11/h2-9H,1H3,(H,24,26)(H,22,23,25). The zero-order valence-electron chi connectivity index (χ0n) is 13.6. The lowest BCUT2D eigenvalue weighted by molar-refractivity contribution is 0.102. The fourth-order valence-electron chi connectivity index (χ4n) is 2.20. The lowest BCUT2D eigenvalue weighted by atomic mass is 10.2. The van der Waals surface area contributed by atoms with Crippen molar-refractivity contribution in [2.45, 2.75) is 6.92 Å². The van der Waals surface area contributed by atoms with Gasteiger partial charge >= 0.3 is 0 Å². The van der Waals surface area contributed by atoms with E-state index < -0.39 is 17.5 Å². The predicted molar refractivity (Wildman–Crippen MR) is 95.8 cm³/mol. The molecule has 0 saturated heterocycles. The van der Waals surface area contributed by atoms with Crippen molar-refractivity contribution in [3.8, 4) is 0 Å². The number of benzene rings is 2. The zero-order valence-corrected chi connectivity index (χ0v) is 14.3. The molecule has 1 aromatic heterocycles. The van der Waals surface area contributed by atoms with E-state index >= 15 is 0 Å². The lowest BCUT2D eigenvalue weighted by Gasteiger charge is -2.10. The molecule has 0 aliphatic heterocycles. The van der Waals surface area contributed by atoms with Crippen LogP contribution in [0, 0.1) is 18.6 Å². The van der Waals surface area contributed by atoms with Crippen molar-refractivity contribution in [2.24, 2.45) is 0 Å². The van der Waals surface area contributed by atoms with Gasteiger partial charge < -0.3 is 10.6 Å². The second-order valence-corrected chi connectivity index (χ2v) is 5.82. The van der Waals surface area contributed by atoms with Crippen molar-refractivity contribution in [1.82, 2.24) is 9.97 Å². The van der Waals surface area contributed by atoms with E-state index in [0.29, 0.717) is 10.8 Å². The van der Waals surface area contributed by atoms with Crippen LogP contribution in [-0.2, 0) is 0 Å². The number of carbonyl (C=O) groups excluding carboxylic acids is 1. The van der Waals surface area contributed by atoms with Gasteiger partial charge in [-0.25, -0.2) is 18.7 Å². The highest BCUT2D eigenvalue weighted by Gasteiger charge is 2.12. The van der Waals surface area contributed by atoms with Gasteiger partial charge in [0.15, 0.2) is 11.6 Å². The van der Waals surface area contributed by atoms with Gasteiger partial charge in [-0.05, 0) is 36.8 Å². The predicted octanol–water partition coefficient (Wildman–Crippen LogP) is 4.71. The second-order valence-electron chi connectivity index (χ2n) is 5.41. The summed E-state index contributed by atoms with van der Waals surface area (Å²) in [5, 5.41) is 6.11. The fourth-order valence-corrected chi connectivity index (χ4v) is 2.37. The summed E-state index contributed by atoms with van der Waals surface area (Å²) in [6, 6.07) is 9.90. The maximum Gasteiger partial charge on any atom is 0.274 e. The Morgan fingerprint density at radius 3 is 2.65 bits per heavy atom. The largest absolute Gasteiger partial charge is 0.340 e. The minimum atomic E-state index is -1.05. The van der Waals surface area contributed by atoms with Crippen LogP contribution in [0.5, 0.6) is 0 Å².